The molecule has 10 aromatic rings. The maximum Gasteiger partial charge on any atom is 0.164 e. The lowest BCUT2D eigenvalue weighted by Gasteiger charge is -2.11. The normalized spacial score (nSPS) is 11.6. The van der Waals surface area contributed by atoms with Gasteiger partial charge in [-0.2, -0.15) is 0 Å². The van der Waals surface area contributed by atoms with Crippen LogP contribution in [0.3, 0.4) is 0 Å². The van der Waals surface area contributed by atoms with Crippen molar-refractivity contribution in [2.24, 2.45) is 0 Å². The number of pyridine rings is 1. The first-order valence-electron chi connectivity index (χ1n) is 16.6. The van der Waals surface area contributed by atoms with E-state index in [0.717, 1.165) is 77.5 Å². The molecule has 0 fully saturated rings. The Kier molecular flexibility index (Phi) is 6.39. The van der Waals surface area contributed by atoms with Crippen molar-refractivity contribution in [3.05, 3.63) is 164 Å². The summed E-state index contributed by atoms with van der Waals surface area (Å²) in [6, 6.07) is 55.5. The molecule has 0 amide bonds. The van der Waals surface area contributed by atoms with E-state index in [1.165, 1.54) is 0 Å². The van der Waals surface area contributed by atoms with Gasteiger partial charge in [0.05, 0.1) is 22.1 Å². The number of benzene rings is 6. The zero-order valence-electron chi connectivity index (χ0n) is 26.7. The van der Waals surface area contributed by atoms with Crippen LogP contribution < -0.4 is 0 Å². The lowest BCUT2D eigenvalue weighted by Crippen LogP contribution is -2.00. The highest BCUT2D eigenvalue weighted by atomic mass is 16.3. The predicted molar refractivity (Wildman–Crippen MR) is 201 cm³/mol. The molecule has 234 valence electrons. The van der Waals surface area contributed by atoms with Crippen molar-refractivity contribution in [3.63, 3.8) is 0 Å². The molecule has 0 unspecified atom stereocenters. The van der Waals surface area contributed by atoms with Crippen molar-refractivity contribution in [2.45, 2.75) is 0 Å². The van der Waals surface area contributed by atoms with Crippen LogP contribution in [0.25, 0.3) is 95.0 Å². The van der Waals surface area contributed by atoms with Crippen LogP contribution in [-0.2, 0) is 0 Å². The molecule has 6 nitrogen and oxygen atoms in total. The predicted octanol–water partition coefficient (Wildman–Crippen LogP) is 10.9. The summed E-state index contributed by atoms with van der Waals surface area (Å²) in [4.78, 5) is 20.2. The number of para-hydroxylation sites is 2. The number of nitrogens with zero attached hydrogens (tertiary/aromatic N) is 5. The van der Waals surface area contributed by atoms with E-state index in [0.29, 0.717) is 17.5 Å². The van der Waals surface area contributed by atoms with E-state index in [9.17, 15) is 0 Å². The quantitative estimate of drug-likeness (QED) is 0.187. The van der Waals surface area contributed by atoms with Crippen LogP contribution in [-0.4, -0.2) is 24.5 Å². The Hall–Kier alpha value is -6.92. The van der Waals surface area contributed by atoms with Crippen LogP contribution in [0.1, 0.15) is 0 Å². The molecule has 0 radical (unpaired) electrons. The lowest BCUT2D eigenvalue weighted by atomic mass is 10.0. The van der Waals surface area contributed by atoms with Gasteiger partial charge in [-0.25, -0.2) is 19.9 Å². The van der Waals surface area contributed by atoms with Crippen molar-refractivity contribution >= 4 is 43.9 Å². The van der Waals surface area contributed by atoms with Crippen LogP contribution >= 0.6 is 0 Å². The summed E-state index contributed by atoms with van der Waals surface area (Å²) in [6.07, 6.45) is 0. The van der Waals surface area contributed by atoms with Gasteiger partial charge in [-0.15, -0.1) is 0 Å². The van der Waals surface area contributed by atoms with Gasteiger partial charge in [0.15, 0.2) is 23.1 Å². The van der Waals surface area contributed by atoms with Crippen molar-refractivity contribution in [1.29, 1.82) is 0 Å². The summed E-state index contributed by atoms with van der Waals surface area (Å²) in [5.41, 5.74) is 10.2. The fourth-order valence-electron chi connectivity index (χ4n) is 6.93. The minimum Gasteiger partial charge on any atom is -0.453 e. The Bertz CT molecular complexity index is 2790. The molecule has 0 aliphatic heterocycles. The first kappa shape index (κ1) is 28.1. The van der Waals surface area contributed by atoms with Gasteiger partial charge in [-0.1, -0.05) is 121 Å². The van der Waals surface area contributed by atoms with Gasteiger partial charge in [0.2, 0.25) is 0 Å². The molecule has 10 rings (SSSR count). The molecule has 50 heavy (non-hydrogen) atoms. The monoisotopic (exact) mass is 641 g/mol. The summed E-state index contributed by atoms with van der Waals surface area (Å²) in [7, 11) is 0. The van der Waals surface area contributed by atoms with Gasteiger partial charge >= 0.3 is 0 Å². The molecule has 6 heteroatoms. The van der Waals surface area contributed by atoms with Crippen molar-refractivity contribution in [2.75, 3.05) is 0 Å². The minimum atomic E-state index is 0.591. The van der Waals surface area contributed by atoms with Gasteiger partial charge < -0.3 is 8.98 Å². The second-order valence-electron chi connectivity index (χ2n) is 12.3. The molecule has 0 bridgehead atoms. The Morgan fingerprint density at radius 2 is 0.960 bits per heavy atom. The summed E-state index contributed by atoms with van der Waals surface area (Å²) in [5.74, 6) is 1.83. The Morgan fingerprint density at radius 1 is 0.420 bits per heavy atom. The number of hydrogen-bond donors (Lipinski definition) is 0. The number of rotatable bonds is 5. The Morgan fingerprint density at radius 3 is 1.60 bits per heavy atom. The van der Waals surface area contributed by atoms with E-state index >= 15 is 0 Å². The molecule has 0 saturated carbocycles. The van der Waals surface area contributed by atoms with E-state index in [1.54, 1.807) is 0 Å². The molecule has 0 saturated heterocycles. The van der Waals surface area contributed by atoms with E-state index in [-0.39, 0.29) is 0 Å². The number of furan rings is 1. The Labute approximate surface area is 287 Å². The van der Waals surface area contributed by atoms with Crippen LogP contribution in [0.2, 0.25) is 0 Å². The van der Waals surface area contributed by atoms with Crippen LogP contribution in [0.5, 0.6) is 0 Å². The third-order valence-corrected chi connectivity index (χ3v) is 9.23. The first-order chi connectivity index (χ1) is 24.8. The SMILES string of the molecule is c1ccc(-c2nc(-c3ccccc3)nc(-c3ccc4c(c3)c3oc5c6ccccc6nc(-c6ccccc6)c5c3n4-c3ccccc3)n2)cc1. The zero-order valence-corrected chi connectivity index (χ0v) is 26.7. The molecule has 0 aliphatic rings. The van der Waals surface area contributed by atoms with E-state index in [4.69, 9.17) is 24.4 Å². The highest BCUT2D eigenvalue weighted by molar-refractivity contribution is 6.24. The summed E-state index contributed by atoms with van der Waals surface area (Å²) in [6.45, 7) is 0. The molecular weight excluding hydrogens is 615 g/mol. The maximum atomic E-state index is 7.01. The fourth-order valence-corrected chi connectivity index (χ4v) is 6.93. The third kappa shape index (κ3) is 4.50. The van der Waals surface area contributed by atoms with Gasteiger partial charge in [0.1, 0.15) is 11.1 Å². The van der Waals surface area contributed by atoms with Gasteiger partial charge in [0, 0.05) is 38.7 Å². The average molecular weight is 642 g/mol. The summed E-state index contributed by atoms with van der Waals surface area (Å²) >= 11 is 0. The van der Waals surface area contributed by atoms with Crippen molar-refractivity contribution in [3.8, 4) is 51.1 Å². The highest BCUT2D eigenvalue weighted by Crippen LogP contribution is 2.45. The molecule has 0 spiro atoms. The number of fused-ring (bicyclic) bond motifs is 7. The largest absolute Gasteiger partial charge is 0.453 e. The van der Waals surface area contributed by atoms with Crippen molar-refractivity contribution in [1.82, 2.24) is 24.5 Å². The van der Waals surface area contributed by atoms with Crippen LogP contribution in [0.15, 0.2) is 168 Å². The second kappa shape index (κ2) is 11.4. The lowest BCUT2D eigenvalue weighted by molar-refractivity contribution is 0.676. The number of aromatic nitrogens is 5. The van der Waals surface area contributed by atoms with Crippen LogP contribution in [0.4, 0.5) is 0 Å². The van der Waals surface area contributed by atoms with Crippen LogP contribution in [0, 0.1) is 0 Å². The standard InChI is InChI=1S/C44H27N5O/c1-5-15-28(16-6-1)38-37-39-41(50-40(37)33-23-13-14-24-35(33)45-38)34-27-31(25-26-36(34)49(39)32-21-11-4-12-22-32)44-47-42(29-17-7-2-8-18-29)46-43(48-44)30-19-9-3-10-20-30/h1-27H. The van der Waals surface area contributed by atoms with Gasteiger partial charge in [-0.3, -0.25) is 0 Å². The van der Waals surface area contributed by atoms with Crippen molar-refractivity contribution < 1.29 is 4.42 Å². The van der Waals surface area contributed by atoms with E-state index in [1.807, 2.05) is 91.0 Å². The Balaban J connectivity index is 1.30. The molecule has 4 aromatic heterocycles. The maximum absolute atomic E-state index is 7.01. The summed E-state index contributed by atoms with van der Waals surface area (Å²) < 4.78 is 9.30. The minimum absolute atomic E-state index is 0.591. The molecule has 0 aliphatic carbocycles. The first-order valence-corrected chi connectivity index (χ1v) is 16.6. The van der Waals surface area contributed by atoms with Gasteiger partial charge in [0.25, 0.3) is 0 Å². The summed E-state index contributed by atoms with van der Waals surface area (Å²) in [5, 5.41) is 2.91. The van der Waals surface area contributed by atoms with E-state index < -0.39 is 0 Å². The molecule has 4 heterocycles. The highest BCUT2D eigenvalue weighted by Gasteiger charge is 2.25. The molecule has 6 aromatic carbocycles. The molecule has 0 N–H and O–H groups in total. The molecule has 0 atom stereocenters. The smallest absolute Gasteiger partial charge is 0.164 e. The zero-order chi connectivity index (χ0) is 33.0. The van der Waals surface area contributed by atoms with E-state index in [2.05, 4.69) is 77.4 Å². The second-order valence-corrected chi connectivity index (χ2v) is 12.3. The molecular formula is C44H27N5O. The average Bonchev–Trinajstić information content (AvgIpc) is 3.74. The topological polar surface area (TPSA) is 69.6 Å². The van der Waals surface area contributed by atoms with Gasteiger partial charge in [-0.05, 0) is 42.5 Å². The fraction of sp³-hybridized carbons (Fsp3) is 0. The number of hydrogen-bond acceptors (Lipinski definition) is 5. The third-order valence-electron chi connectivity index (χ3n) is 9.23.